The smallest absolute Gasteiger partial charge is 0.305 e. The molecular weight excluding hydrogens is 248 g/mol. The fraction of sp³-hybridized carbons (Fsp3) is 0.462. The van der Waals surface area contributed by atoms with Gasteiger partial charge in [-0.1, -0.05) is 19.4 Å². The summed E-state index contributed by atoms with van der Waals surface area (Å²) in [6, 6.07) is 4.56. The van der Waals surface area contributed by atoms with E-state index in [4.69, 9.17) is 5.11 Å². The van der Waals surface area contributed by atoms with Crippen molar-refractivity contribution in [2.45, 2.75) is 39.2 Å². The van der Waals surface area contributed by atoms with Crippen LogP contribution in [0, 0.1) is 17.0 Å². The summed E-state index contributed by atoms with van der Waals surface area (Å²) in [7, 11) is 0. The molecule has 6 nitrogen and oxygen atoms in total. The van der Waals surface area contributed by atoms with E-state index >= 15 is 0 Å². The van der Waals surface area contributed by atoms with Gasteiger partial charge in [-0.3, -0.25) is 14.9 Å². The minimum absolute atomic E-state index is 0.0218. The number of aliphatic carboxylic acids is 1. The molecule has 0 aliphatic heterocycles. The Labute approximate surface area is 111 Å². The fourth-order valence-electron chi connectivity index (χ4n) is 1.92. The second kappa shape index (κ2) is 6.72. The Morgan fingerprint density at radius 2 is 2.21 bits per heavy atom. The number of rotatable bonds is 7. The molecule has 0 radical (unpaired) electrons. The molecule has 1 aromatic carbocycles. The lowest BCUT2D eigenvalue weighted by Crippen LogP contribution is -2.23. The Hall–Kier alpha value is -2.11. The van der Waals surface area contributed by atoms with Gasteiger partial charge >= 0.3 is 5.97 Å². The van der Waals surface area contributed by atoms with Crippen LogP contribution in [0.2, 0.25) is 0 Å². The van der Waals surface area contributed by atoms with Crippen LogP contribution in [0.1, 0.15) is 31.7 Å². The number of carboxylic acid groups (broad SMARTS) is 1. The molecule has 2 N–H and O–H groups in total. The Morgan fingerprint density at radius 3 is 2.74 bits per heavy atom. The number of hydrogen-bond acceptors (Lipinski definition) is 4. The minimum Gasteiger partial charge on any atom is -0.481 e. The number of carboxylic acids is 1. The van der Waals surface area contributed by atoms with Gasteiger partial charge in [-0.15, -0.1) is 0 Å². The van der Waals surface area contributed by atoms with Crippen LogP contribution >= 0.6 is 0 Å². The molecule has 104 valence electrons. The van der Waals surface area contributed by atoms with Gasteiger partial charge in [0.05, 0.1) is 11.3 Å². The lowest BCUT2D eigenvalue weighted by molar-refractivity contribution is -0.384. The number of aryl methyl sites for hydroxylation is 1. The number of nitro groups is 1. The fourth-order valence-corrected chi connectivity index (χ4v) is 1.92. The highest BCUT2D eigenvalue weighted by Crippen LogP contribution is 2.27. The molecule has 1 atom stereocenters. The number of nitrogens with zero attached hydrogens (tertiary/aromatic N) is 1. The van der Waals surface area contributed by atoms with Crippen LogP contribution in [-0.4, -0.2) is 22.0 Å². The van der Waals surface area contributed by atoms with Crippen molar-refractivity contribution >= 4 is 17.3 Å². The van der Waals surface area contributed by atoms with Crippen LogP contribution < -0.4 is 5.32 Å². The van der Waals surface area contributed by atoms with Gasteiger partial charge in [0.15, 0.2) is 0 Å². The van der Waals surface area contributed by atoms with Gasteiger partial charge in [0.25, 0.3) is 5.69 Å². The third kappa shape index (κ3) is 4.57. The van der Waals surface area contributed by atoms with Gasteiger partial charge < -0.3 is 10.4 Å². The third-order valence-electron chi connectivity index (χ3n) is 2.77. The molecule has 1 unspecified atom stereocenters. The predicted molar refractivity (Wildman–Crippen MR) is 72.4 cm³/mol. The first-order valence-electron chi connectivity index (χ1n) is 6.17. The van der Waals surface area contributed by atoms with Crippen molar-refractivity contribution in [1.82, 2.24) is 0 Å². The second-order valence-electron chi connectivity index (χ2n) is 4.51. The molecule has 1 rings (SSSR count). The molecule has 0 amide bonds. The number of carbonyl (C=O) groups is 1. The average molecular weight is 266 g/mol. The largest absolute Gasteiger partial charge is 0.481 e. The molecule has 0 aliphatic rings. The van der Waals surface area contributed by atoms with Crippen molar-refractivity contribution in [3.8, 4) is 0 Å². The van der Waals surface area contributed by atoms with Crippen molar-refractivity contribution in [3.05, 3.63) is 33.9 Å². The zero-order valence-electron chi connectivity index (χ0n) is 11.0. The molecule has 0 spiro atoms. The van der Waals surface area contributed by atoms with Crippen molar-refractivity contribution in [2.24, 2.45) is 0 Å². The molecule has 0 bridgehead atoms. The summed E-state index contributed by atoms with van der Waals surface area (Å²) in [4.78, 5) is 21.3. The van der Waals surface area contributed by atoms with Crippen molar-refractivity contribution in [2.75, 3.05) is 5.32 Å². The minimum atomic E-state index is -0.916. The first kappa shape index (κ1) is 14.9. The lowest BCUT2D eigenvalue weighted by Gasteiger charge is -2.17. The second-order valence-corrected chi connectivity index (χ2v) is 4.51. The summed E-state index contributed by atoms with van der Waals surface area (Å²) in [5.41, 5.74) is 1.14. The molecule has 19 heavy (non-hydrogen) atoms. The Morgan fingerprint density at radius 1 is 1.53 bits per heavy atom. The standard InChI is InChI=1S/C13H18N2O4/c1-3-4-10(8-13(16)17)14-11-6-5-9(2)7-12(11)15(18)19/h5-7,10,14H,3-4,8H2,1-2H3,(H,16,17). The number of nitro benzene ring substituents is 1. The van der Waals surface area contributed by atoms with E-state index in [0.29, 0.717) is 12.1 Å². The van der Waals surface area contributed by atoms with E-state index in [1.807, 2.05) is 6.92 Å². The van der Waals surface area contributed by atoms with Crippen LogP contribution in [0.15, 0.2) is 18.2 Å². The molecule has 0 aromatic heterocycles. The topological polar surface area (TPSA) is 92.5 Å². The van der Waals surface area contributed by atoms with Crippen molar-refractivity contribution in [1.29, 1.82) is 0 Å². The van der Waals surface area contributed by atoms with Crippen LogP contribution in [0.4, 0.5) is 11.4 Å². The van der Waals surface area contributed by atoms with Crippen LogP contribution in [-0.2, 0) is 4.79 Å². The van der Waals surface area contributed by atoms with E-state index < -0.39 is 10.9 Å². The Bertz CT molecular complexity index is 474. The van der Waals surface area contributed by atoms with E-state index in [9.17, 15) is 14.9 Å². The zero-order chi connectivity index (χ0) is 14.4. The quantitative estimate of drug-likeness (QED) is 0.584. The maximum absolute atomic E-state index is 11.0. The Balaban J connectivity index is 2.95. The summed E-state index contributed by atoms with van der Waals surface area (Å²) < 4.78 is 0. The van der Waals surface area contributed by atoms with Gasteiger partial charge in [-0.25, -0.2) is 0 Å². The van der Waals surface area contributed by atoms with Crippen LogP contribution in [0.5, 0.6) is 0 Å². The average Bonchev–Trinajstić information content (AvgIpc) is 2.30. The number of hydrogen-bond donors (Lipinski definition) is 2. The summed E-state index contributed by atoms with van der Waals surface area (Å²) in [5.74, 6) is -0.916. The third-order valence-corrected chi connectivity index (χ3v) is 2.77. The zero-order valence-corrected chi connectivity index (χ0v) is 11.0. The number of benzene rings is 1. The summed E-state index contributed by atoms with van der Waals surface area (Å²) >= 11 is 0. The van der Waals surface area contributed by atoms with E-state index in [2.05, 4.69) is 5.32 Å². The van der Waals surface area contributed by atoms with Gasteiger partial charge in [-0.05, 0) is 25.0 Å². The monoisotopic (exact) mass is 266 g/mol. The summed E-state index contributed by atoms with van der Waals surface area (Å²) in [6.45, 7) is 3.72. The molecule has 1 aromatic rings. The maximum Gasteiger partial charge on any atom is 0.305 e. The van der Waals surface area contributed by atoms with Gasteiger partial charge in [0.2, 0.25) is 0 Å². The van der Waals surface area contributed by atoms with E-state index in [0.717, 1.165) is 12.0 Å². The number of anilines is 1. The van der Waals surface area contributed by atoms with Crippen LogP contribution in [0.3, 0.4) is 0 Å². The highest BCUT2D eigenvalue weighted by atomic mass is 16.6. The van der Waals surface area contributed by atoms with E-state index in [1.54, 1.807) is 19.1 Å². The van der Waals surface area contributed by atoms with E-state index in [-0.39, 0.29) is 18.2 Å². The Kier molecular flexibility index (Phi) is 5.29. The first-order valence-corrected chi connectivity index (χ1v) is 6.17. The highest BCUT2D eigenvalue weighted by molar-refractivity contribution is 5.69. The van der Waals surface area contributed by atoms with Gasteiger partial charge in [0, 0.05) is 12.1 Å². The molecular formula is C13H18N2O4. The molecule has 0 fully saturated rings. The molecule has 0 saturated heterocycles. The normalized spacial score (nSPS) is 11.9. The summed E-state index contributed by atoms with van der Waals surface area (Å²) in [5, 5.41) is 22.8. The first-order chi connectivity index (χ1) is 8.93. The van der Waals surface area contributed by atoms with E-state index in [1.165, 1.54) is 6.07 Å². The predicted octanol–water partition coefficient (Wildman–Crippen LogP) is 2.96. The van der Waals surface area contributed by atoms with Gasteiger partial charge in [0.1, 0.15) is 5.69 Å². The molecule has 6 heteroatoms. The van der Waals surface area contributed by atoms with Gasteiger partial charge in [-0.2, -0.15) is 0 Å². The maximum atomic E-state index is 11.0. The van der Waals surface area contributed by atoms with Crippen LogP contribution in [0.25, 0.3) is 0 Å². The SMILES string of the molecule is CCCC(CC(=O)O)Nc1ccc(C)cc1[N+](=O)[O-]. The van der Waals surface area contributed by atoms with Crippen molar-refractivity contribution < 1.29 is 14.8 Å². The van der Waals surface area contributed by atoms with Crippen molar-refractivity contribution in [3.63, 3.8) is 0 Å². The number of nitrogens with one attached hydrogen (secondary N) is 1. The molecule has 0 aliphatic carbocycles. The molecule has 0 saturated carbocycles. The molecule has 0 heterocycles. The summed E-state index contributed by atoms with van der Waals surface area (Å²) in [6.07, 6.45) is 1.40. The highest BCUT2D eigenvalue weighted by Gasteiger charge is 2.18. The lowest BCUT2D eigenvalue weighted by atomic mass is 10.1.